The molecule has 0 radical (unpaired) electrons. The molecule has 0 saturated carbocycles. The molecule has 0 bridgehead atoms. The lowest BCUT2D eigenvalue weighted by molar-refractivity contribution is 0.524. The molecule has 1 aromatic rings. The average molecular weight is 269 g/mol. The highest BCUT2D eigenvalue weighted by molar-refractivity contribution is 7.99. The zero-order chi connectivity index (χ0) is 12.5. The van der Waals surface area contributed by atoms with Crippen LogP contribution in [0.25, 0.3) is 0 Å². The molecule has 2 nitrogen and oxygen atoms in total. The molecule has 0 heterocycles. The van der Waals surface area contributed by atoms with Gasteiger partial charge in [-0.1, -0.05) is 17.7 Å². The van der Waals surface area contributed by atoms with Crippen molar-refractivity contribution in [1.29, 1.82) is 0 Å². The zero-order valence-corrected chi connectivity index (χ0v) is 11.2. The second kappa shape index (κ2) is 8.43. The summed E-state index contributed by atoms with van der Waals surface area (Å²) < 4.78 is 0. The molecule has 0 amide bonds. The topological polar surface area (TPSA) is 38.0 Å². The van der Waals surface area contributed by atoms with Gasteiger partial charge in [-0.2, -0.15) is 0 Å². The Morgan fingerprint density at radius 1 is 1.53 bits per heavy atom. The predicted octanol–water partition coefficient (Wildman–Crippen LogP) is 3.07. The molecule has 0 aliphatic rings. The highest BCUT2D eigenvalue weighted by Gasteiger charge is 2.06. The van der Waals surface area contributed by atoms with Gasteiger partial charge in [-0.05, 0) is 31.0 Å². The predicted molar refractivity (Wildman–Crippen MR) is 76.0 cm³/mol. The van der Waals surface area contributed by atoms with Crippen LogP contribution in [0.15, 0.2) is 29.2 Å². The molecule has 4 heteroatoms. The Morgan fingerprint density at radius 2 is 2.35 bits per heavy atom. The summed E-state index contributed by atoms with van der Waals surface area (Å²) in [6, 6.07) is 8.12. The molecule has 1 unspecified atom stereocenters. The molecule has 0 fully saturated rings. The third-order valence-electron chi connectivity index (χ3n) is 2.36. The first-order chi connectivity index (χ1) is 8.26. The number of hydrogen-bond donors (Lipinski definition) is 2. The van der Waals surface area contributed by atoms with Crippen molar-refractivity contribution in [3.05, 3.63) is 29.3 Å². The number of hydrazine groups is 1. The summed E-state index contributed by atoms with van der Waals surface area (Å²) in [5, 5.41) is 0.764. The maximum atomic E-state index is 5.92. The Balaban J connectivity index is 2.34. The summed E-state index contributed by atoms with van der Waals surface area (Å²) >= 11 is 7.67. The fraction of sp³-hybridized carbons (Fsp3) is 0.385. The smallest absolute Gasteiger partial charge is 0.0417 e. The van der Waals surface area contributed by atoms with Gasteiger partial charge in [0, 0.05) is 28.1 Å². The number of halogens is 1. The SMILES string of the molecule is C#CCCCC(CSc1cccc(Cl)c1)NN. The van der Waals surface area contributed by atoms with Gasteiger partial charge in [-0.25, -0.2) is 0 Å². The van der Waals surface area contributed by atoms with Crippen LogP contribution in [-0.4, -0.2) is 11.8 Å². The van der Waals surface area contributed by atoms with Gasteiger partial charge in [0.05, 0.1) is 0 Å². The largest absolute Gasteiger partial charge is 0.271 e. The van der Waals surface area contributed by atoms with Crippen LogP contribution >= 0.6 is 23.4 Å². The minimum Gasteiger partial charge on any atom is -0.271 e. The van der Waals surface area contributed by atoms with E-state index < -0.39 is 0 Å². The number of nitrogens with two attached hydrogens (primary N) is 1. The number of benzene rings is 1. The van der Waals surface area contributed by atoms with Crippen molar-refractivity contribution < 1.29 is 0 Å². The molecule has 1 atom stereocenters. The van der Waals surface area contributed by atoms with Crippen molar-refractivity contribution in [2.75, 3.05) is 5.75 Å². The Morgan fingerprint density at radius 3 is 3.00 bits per heavy atom. The lowest BCUT2D eigenvalue weighted by Crippen LogP contribution is -2.36. The third-order valence-corrected chi connectivity index (χ3v) is 3.75. The van der Waals surface area contributed by atoms with Crippen LogP contribution in [0.3, 0.4) is 0 Å². The molecule has 3 N–H and O–H groups in total. The van der Waals surface area contributed by atoms with Crippen molar-refractivity contribution in [1.82, 2.24) is 5.43 Å². The van der Waals surface area contributed by atoms with E-state index in [0.717, 1.165) is 34.9 Å². The number of terminal acetylenes is 1. The molecule has 17 heavy (non-hydrogen) atoms. The quantitative estimate of drug-likeness (QED) is 0.262. The highest BCUT2D eigenvalue weighted by Crippen LogP contribution is 2.22. The summed E-state index contributed by atoms with van der Waals surface area (Å²) in [6.45, 7) is 0. The van der Waals surface area contributed by atoms with Crippen LogP contribution in [0, 0.1) is 12.3 Å². The molecule has 0 aliphatic heterocycles. The first kappa shape index (κ1) is 14.4. The van der Waals surface area contributed by atoms with E-state index in [4.69, 9.17) is 23.9 Å². The van der Waals surface area contributed by atoms with Crippen molar-refractivity contribution in [3.63, 3.8) is 0 Å². The Labute approximate surface area is 112 Å². The molecule has 92 valence electrons. The van der Waals surface area contributed by atoms with E-state index >= 15 is 0 Å². The van der Waals surface area contributed by atoms with Gasteiger partial charge in [-0.15, -0.1) is 24.1 Å². The number of rotatable bonds is 7. The molecule has 0 aromatic heterocycles. The van der Waals surface area contributed by atoms with E-state index in [2.05, 4.69) is 11.3 Å². The molecule has 1 aromatic carbocycles. The monoisotopic (exact) mass is 268 g/mol. The first-order valence-corrected chi connectivity index (χ1v) is 6.90. The van der Waals surface area contributed by atoms with Crippen LogP contribution < -0.4 is 11.3 Å². The lowest BCUT2D eigenvalue weighted by Gasteiger charge is -2.14. The summed E-state index contributed by atoms with van der Waals surface area (Å²) in [5.74, 6) is 9.06. The Bertz CT molecular complexity index is 376. The molecule has 0 spiro atoms. The van der Waals surface area contributed by atoms with Crippen molar-refractivity contribution in [3.8, 4) is 12.3 Å². The van der Waals surface area contributed by atoms with E-state index in [-0.39, 0.29) is 6.04 Å². The Kier molecular flexibility index (Phi) is 7.14. The summed E-state index contributed by atoms with van der Waals surface area (Å²) in [7, 11) is 0. The molecule has 1 rings (SSSR count). The second-order valence-corrected chi connectivity index (χ2v) is 5.26. The van der Waals surface area contributed by atoms with Gasteiger partial charge >= 0.3 is 0 Å². The summed E-state index contributed by atoms with van der Waals surface area (Å²) in [4.78, 5) is 1.16. The van der Waals surface area contributed by atoms with Crippen molar-refractivity contribution in [2.24, 2.45) is 5.84 Å². The minimum atomic E-state index is 0.285. The van der Waals surface area contributed by atoms with Crippen LogP contribution in [-0.2, 0) is 0 Å². The van der Waals surface area contributed by atoms with Crippen LogP contribution in [0.5, 0.6) is 0 Å². The van der Waals surface area contributed by atoms with Crippen molar-refractivity contribution in [2.45, 2.75) is 30.2 Å². The number of thioether (sulfide) groups is 1. The molecular formula is C13H17ClN2S. The van der Waals surface area contributed by atoms with Crippen LogP contribution in [0.2, 0.25) is 5.02 Å². The highest BCUT2D eigenvalue weighted by atomic mass is 35.5. The fourth-order valence-electron chi connectivity index (χ4n) is 1.42. The van der Waals surface area contributed by atoms with Gasteiger partial charge in [-0.3, -0.25) is 11.3 Å². The number of hydrogen-bond acceptors (Lipinski definition) is 3. The maximum Gasteiger partial charge on any atom is 0.0417 e. The van der Waals surface area contributed by atoms with E-state index in [1.807, 2.05) is 24.3 Å². The molecule has 0 saturated heterocycles. The van der Waals surface area contributed by atoms with Gasteiger partial charge < -0.3 is 0 Å². The second-order valence-electron chi connectivity index (χ2n) is 3.73. The fourth-order valence-corrected chi connectivity index (χ4v) is 2.72. The van der Waals surface area contributed by atoms with Gasteiger partial charge in [0.25, 0.3) is 0 Å². The standard InChI is InChI=1S/C13H17ClN2S/c1-2-3-4-7-12(16-15)10-17-13-8-5-6-11(14)9-13/h1,5-6,8-9,12,16H,3-4,7,10,15H2. The summed E-state index contributed by atoms with van der Waals surface area (Å²) in [5.41, 5.74) is 2.82. The van der Waals surface area contributed by atoms with E-state index in [0.29, 0.717) is 0 Å². The van der Waals surface area contributed by atoms with E-state index in [9.17, 15) is 0 Å². The van der Waals surface area contributed by atoms with E-state index in [1.165, 1.54) is 0 Å². The average Bonchev–Trinajstić information content (AvgIpc) is 2.34. The lowest BCUT2D eigenvalue weighted by atomic mass is 10.1. The van der Waals surface area contributed by atoms with Crippen LogP contribution in [0.1, 0.15) is 19.3 Å². The van der Waals surface area contributed by atoms with Crippen molar-refractivity contribution >= 4 is 23.4 Å². The minimum absolute atomic E-state index is 0.285. The van der Waals surface area contributed by atoms with E-state index in [1.54, 1.807) is 11.8 Å². The first-order valence-electron chi connectivity index (χ1n) is 5.54. The summed E-state index contributed by atoms with van der Waals surface area (Å²) in [6.07, 6.45) is 8.02. The molecule has 0 aliphatic carbocycles. The van der Waals surface area contributed by atoms with Gasteiger partial charge in [0.2, 0.25) is 0 Å². The maximum absolute atomic E-state index is 5.92. The normalized spacial score (nSPS) is 12.1. The van der Waals surface area contributed by atoms with Crippen LogP contribution in [0.4, 0.5) is 0 Å². The number of unbranched alkanes of at least 4 members (excludes halogenated alkanes) is 1. The number of nitrogens with one attached hydrogen (secondary N) is 1. The Hall–Kier alpha value is -0.660. The third kappa shape index (κ3) is 5.99. The van der Waals surface area contributed by atoms with Gasteiger partial charge in [0.1, 0.15) is 0 Å². The zero-order valence-electron chi connectivity index (χ0n) is 9.66. The molecular weight excluding hydrogens is 252 g/mol. The van der Waals surface area contributed by atoms with Gasteiger partial charge in [0.15, 0.2) is 0 Å².